The highest BCUT2D eigenvalue weighted by molar-refractivity contribution is 7.98. The molecule has 106 valence electrons. The van der Waals surface area contributed by atoms with Gasteiger partial charge in [0.15, 0.2) is 0 Å². The van der Waals surface area contributed by atoms with Gasteiger partial charge in [0.25, 0.3) is 5.91 Å². The van der Waals surface area contributed by atoms with Crippen molar-refractivity contribution >= 4 is 29.3 Å². The van der Waals surface area contributed by atoms with Gasteiger partial charge in [-0.3, -0.25) is 4.79 Å². The van der Waals surface area contributed by atoms with Crippen LogP contribution in [0.1, 0.15) is 37.0 Å². The molecule has 1 amide bonds. The predicted octanol–water partition coefficient (Wildman–Crippen LogP) is 4.18. The Hall–Kier alpha value is -0.670. The van der Waals surface area contributed by atoms with Crippen LogP contribution in [0.5, 0.6) is 0 Å². The van der Waals surface area contributed by atoms with Gasteiger partial charge >= 0.3 is 0 Å². The van der Waals surface area contributed by atoms with E-state index in [1.165, 1.54) is 0 Å². The van der Waals surface area contributed by atoms with Crippen LogP contribution in [0, 0.1) is 5.41 Å². The number of nitrogens with one attached hydrogen (secondary N) is 1. The number of hydrogen-bond acceptors (Lipinski definition) is 2. The van der Waals surface area contributed by atoms with Crippen molar-refractivity contribution in [1.29, 1.82) is 0 Å². The SMILES string of the molecule is CSc1ccccc1C(=O)NCC(C)(C)CCCCl. The van der Waals surface area contributed by atoms with E-state index in [9.17, 15) is 4.79 Å². The molecule has 0 aliphatic rings. The average Bonchev–Trinajstić information content (AvgIpc) is 2.42. The maximum Gasteiger partial charge on any atom is 0.252 e. The summed E-state index contributed by atoms with van der Waals surface area (Å²) in [7, 11) is 0. The third-order valence-electron chi connectivity index (χ3n) is 3.07. The fraction of sp³-hybridized carbons (Fsp3) is 0.533. The van der Waals surface area contributed by atoms with Crippen molar-refractivity contribution in [1.82, 2.24) is 5.32 Å². The Morgan fingerprint density at radius 2 is 2.05 bits per heavy atom. The molecule has 2 nitrogen and oxygen atoms in total. The molecule has 0 atom stereocenters. The Morgan fingerprint density at radius 3 is 2.68 bits per heavy atom. The average molecular weight is 300 g/mol. The van der Waals surface area contributed by atoms with E-state index in [-0.39, 0.29) is 11.3 Å². The van der Waals surface area contributed by atoms with E-state index in [1.54, 1.807) is 11.8 Å². The van der Waals surface area contributed by atoms with Crippen LogP contribution in [-0.2, 0) is 0 Å². The molecule has 0 aliphatic heterocycles. The highest BCUT2D eigenvalue weighted by Crippen LogP contribution is 2.23. The molecule has 1 rings (SSSR count). The first-order valence-corrected chi connectivity index (χ1v) is 8.23. The van der Waals surface area contributed by atoms with Crippen LogP contribution >= 0.6 is 23.4 Å². The van der Waals surface area contributed by atoms with Gasteiger partial charge in [0, 0.05) is 17.3 Å². The Labute approximate surface area is 125 Å². The van der Waals surface area contributed by atoms with Gasteiger partial charge in [0.1, 0.15) is 0 Å². The molecule has 0 saturated heterocycles. The number of carbonyl (C=O) groups excluding carboxylic acids is 1. The molecule has 4 heteroatoms. The van der Waals surface area contributed by atoms with Crippen LogP contribution in [-0.4, -0.2) is 24.6 Å². The fourth-order valence-corrected chi connectivity index (χ4v) is 2.61. The normalized spacial score (nSPS) is 11.4. The van der Waals surface area contributed by atoms with E-state index < -0.39 is 0 Å². The monoisotopic (exact) mass is 299 g/mol. The van der Waals surface area contributed by atoms with E-state index in [0.29, 0.717) is 12.4 Å². The van der Waals surface area contributed by atoms with Crippen LogP contribution in [0.4, 0.5) is 0 Å². The molecular weight excluding hydrogens is 278 g/mol. The molecule has 1 aromatic carbocycles. The lowest BCUT2D eigenvalue weighted by molar-refractivity contribution is 0.0931. The molecule has 19 heavy (non-hydrogen) atoms. The minimum atomic E-state index is 0.00361. The van der Waals surface area contributed by atoms with Gasteiger partial charge in [-0.15, -0.1) is 23.4 Å². The van der Waals surface area contributed by atoms with Crippen molar-refractivity contribution in [3.05, 3.63) is 29.8 Å². The summed E-state index contributed by atoms with van der Waals surface area (Å²) in [4.78, 5) is 13.2. The minimum absolute atomic E-state index is 0.00361. The van der Waals surface area contributed by atoms with Gasteiger partial charge in [0.05, 0.1) is 5.56 Å². The summed E-state index contributed by atoms with van der Waals surface area (Å²) in [5.74, 6) is 0.677. The smallest absolute Gasteiger partial charge is 0.252 e. The number of hydrogen-bond donors (Lipinski definition) is 1. The second kappa shape index (κ2) is 7.81. The zero-order valence-corrected chi connectivity index (χ0v) is 13.4. The number of benzene rings is 1. The number of thioether (sulfide) groups is 1. The molecule has 0 saturated carbocycles. The first-order chi connectivity index (χ1) is 9.00. The third-order valence-corrected chi connectivity index (χ3v) is 4.13. The van der Waals surface area contributed by atoms with Gasteiger partial charge in [-0.2, -0.15) is 0 Å². The molecule has 0 heterocycles. The molecule has 0 spiro atoms. The number of rotatable bonds is 7. The van der Waals surface area contributed by atoms with Crippen molar-refractivity contribution in [2.24, 2.45) is 5.41 Å². The van der Waals surface area contributed by atoms with Crippen LogP contribution in [0.15, 0.2) is 29.2 Å². The summed E-state index contributed by atoms with van der Waals surface area (Å²) in [6.07, 6.45) is 3.98. The van der Waals surface area contributed by atoms with Crippen molar-refractivity contribution < 1.29 is 4.79 Å². The van der Waals surface area contributed by atoms with E-state index in [0.717, 1.165) is 23.3 Å². The zero-order chi connectivity index (χ0) is 14.3. The lowest BCUT2D eigenvalue weighted by Gasteiger charge is -2.24. The molecule has 0 aliphatic carbocycles. The standard InChI is InChI=1S/C15H22ClNOS/c1-15(2,9-6-10-16)11-17-14(18)12-7-4-5-8-13(12)19-3/h4-5,7-8H,6,9-11H2,1-3H3,(H,17,18). The molecular formula is C15H22ClNOS. The van der Waals surface area contributed by atoms with Gasteiger partial charge in [-0.1, -0.05) is 26.0 Å². The summed E-state index contributed by atoms with van der Waals surface area (Å²) >= 11 is 7.31. The second-order valence-corrected chi connectivity index (χ2v) is 6.57. The van der Waals surface area contributed by atoms with Gasteiger partial charge in [-0.25, -0.2) is 0 Å². The van der Waals surface area contributed by atoms with E-state index in [1.807, 2.05) is 30.5 Å². The summed E-state index contributed by atoms with van der Waals surface area (Å²) in [6.45, 7) is 4.98. The topological polar surface area (TPSA) is 29.1 Å². The van der Waals surface area contributed by atoms with Crippen LogP contribution in [0.2, 0.25) is 0 Å². The molecule has 0 radical (unpaired) electrons. The predicted molar refractivity (Wildman–Crippen MR) is 84.3 cm³/mol. The summed E-state index contributed by atoms with van der Waals surface area (Å²) < 4.78 is 0. The molecule has 0 fully saturated rings. The van der Waals surface area contributed by atoms with Crippen molar-refractivity contribution in [3.8, 4) is 0 Å². The Morgan fingerprint density at radius 1 is 1.37 bits per heavy atom. The van der Waals surface area contributed by atoms with Gasteiger partial charge in [-0.05, 0) is 36.6 Å². The van der Waals surface area contributed by atoms with Gasteiger partial charge < -0.3 is 5.32 Å². The molecule has 0 unspecified atom stereocenters. The summed E-state index contributed by atoms with van der Waals surface area (Å²) in [5, 5.41) is 3.03. The third kappa shape index (κ3) is 5.45. The molecule has 1 aromatic rings. The van der Waals surface area contributed by atoms with Gasteiger partial charge in [0.2, 0.25) is 0 Å². The number of amides is 1. The van der Waals surface area contributed by atoms with E-state index in [4.69, 9.17) is 11.6 Å². The highest BCUT2D eigenvalue weighted by Gasteiger charge is 2.19. The zero-order valence-electron chi connectivity index (χ0n) is 11.8. The van der Waals surface area contributed by atoms with Crippen molar-refractivity contribution in [3.63, 3.8) is 0 Å². The second-order valence-electron chi connectivity index (χ2n) is 5.34. The van der Waals surface area contributed by atoms with Crippen molar-refractivity contribution in [2.45, 2.75) is 31.6 Å². The Balaban J connectivity index is 2.60. The quantitative estimate of drug-likeness (QED) is 0.604. The van der Waals surface area contributed by atoms with Crippen LogP contribution in [0.3, 0.4) is 0 Å². The number of carbonyl (C=O) groups is 1. The Bertz CT molecular complexity index is 420. The lowest BCUT2D eigenvalue weighted by atomic mass is 9.88. The first-order valence-electron chi connectivity index (χ1n) is 6.47. The summed E-state index contributed by atoms with van der Waals surface area (Å²) in [6, 6.07) is 7.69. The Kier molecular flexibility index (Phi) is 6.73. The van der Waals surface area contributed by atoms with Crippen LogP contribution in [0.25, 0.3) is 0 Å². The fourth-order valence-electron chi connectivity index (χ4n) is 1.88. The maximum atomic E-state index is 12.2. The summed E-state index contributed by atoms with van der Waals surface area (Å²) in [5.41, 5.74) is 0.835. The van der Waals surface area contributed by atoms with E-state index in [2.05, 4.69) is 19.2 Å². The van der Waals surface area contributed by atoms with E-state index >= 15 is 0 Å². The number of alkyl halides is 1. The first kappa shape index (κ1) is 16.4. The highest BCUT2D eigenvalue weighted by atomic mass is 35.5. The minimum Gasteiger partial charge on any atom is -0.351 e. The molecule has 1 N–H and O–H groups in total. The van der Waals surface area contributed by atoms with Crippen LogP contribution < -0.4 is 5.32 Å². The number of halogens is 1. The molecule has 0 bridgehead atoms. The lowest BCUT2D eigenvalue weighted by Crippen LogP contribution is -2.34. The van der Waals surface area contributed by atoms with Crippen molar-refractivity contribution in [2.75, 3.05) is 18.7 Å². The molecule has 0 aromatic heterocycles. The largest absolute Gasteiger partial charge is 0.351 e. The maximum absolute atomic E-state index is 12.2.